The molecule has 0 fully saturated rings. The number of hydrogen-bond acceptors (Lipinski definition) is 2. The van der Waals surface area contributed by atoms with Crippen molar-refractivity contribution in [2.75, 3.05) is 0 Å². The Labute approximate surface area is 88.1 Å². The number of nitrogens with one attached hydrogen (secondary N) is 1. The van der Waals surface area contributed by atoms with Gasteiger partial charge in [-0.3, -0.25) is 4.79 Å². The lowest BCUT2D eigenvalue weighted by atomic mass is 10.1. The Morgan fingerprint density at radius 3 is 2.86 bits per heavy atom. The molecule has 0 atom stereocenters. The summed E-state index contributed by atoms with van der Waals surface area (Å²) in [4.78, 5) is 13.9. The van der Waals surface area contributed by atoms with Crippen molar-refractivity contribution in [3.63, 3.8) is 0 Å². The molecule has 0 amide bonds. The van der Waals surface area contributed by atoms with E-state index in [0.29, 0.717) is 5.39 Å². The molecule has 0 aliphatic rings. The van der Waals surface area contributed by atoms with E-state index in [4.69, 9.17) is 5.26 Å². The van der Waals surface area contributed by atoms with Gasteiger partial charge < -0.3 is 4.98 Å². The third-order valence-electron chi connectivity index (χ3n) is 1.93. The van der Waals surface area contributed by atoms with E-state index in [2.05, 4.69) is 20.9 Å². The van der Waals surface area contributed by atoms with Gasteiger partial charge in [0.25, 0.3) is 5.56 Å². The van der Waals surface area contributed by atoms with Crippen molar-refractivity contribution in [2.24, 2.45) is 0 Å². The first kappa shape index (κ1) is 8.97. The van der Waals surface area contributed by atoms with Gasteiger partial charge in [0.1, 0.15) is 11.8 Å². The van der Waals surface area contributed by atoms with Crippen molar-refractivity contribution in [1.29, 1.82) is 5.26 Å². The van der Waals surface area contributed by atoms with Crippen LogP contribution in [0.2, 0.25) is 0 Å². The topological polar surface area (TPSA) is 56.6 Å². The molecule has 1 heterocycles. The standard InChI is InChI=1S/C10H5BrN2O/c11-7-1-2-9-6(3-7)4-8(5-12)13-10(9)14/h1-4H,(H,13,14). The fourth-order valence-electron chi connectivity index (χ4n) is 1.30. The smallest absolute Gasteiger partial charge is 0.256 e. The molecule has 1 aromatic carbocycles. The summed E-state index contributed by atoms with van der Waals surface area (Å²) in [6.07, 6.45) is 0. The predicted octanol–water partition coefficient (Wildman–Crippen LogP) is 2.16. The molecule has 68 valence electrons. The van der Waals surface area contributed by atoms with Crippen molar-refractivity contribution < 1.29 is 0 Å². The Kier molecular flexibility index (Phi) is 2.10. The van der Waals surface area contributed by atoms with Crippen LogP contribution in [0.3, 0.4) is 0 Å². The van der Waals surface area contributed by atoms with Gasteiger partial charge in [-0.1, -0.05) is 15.9 Å². The number of H-pyrrole nitrogens is 1. The summed E-state index contributed by atoms with van der Waals surface area (Å²) in [5.41, 5.74) is 0.0483. The molecule has 0 spiro atoms. The van der Waals surface area contributed by atoms with E-state index in [1.165, 1.54) is 0 Å². The molecule has 4 heteroatoms. The zero-order valence-corrected chi connectivity index (χ0v) is 8.63. The Bertz CT molecular complexity index is 595. The van der Waals surface area contributed by atoms with Crippen LogP contribution >= 0.6 is 15.9 Å². The number of nitriles is 1. The van der Waals surface area contributed by atoms with E-state index in [-0.39, 0.29) is 11.3 Å². The number of fused-ring (bicyclic) bond motifs is 1. The molecule has 0 bridgehead atoms. The summed E-state index contributed by atoms with van der Waals surface area (Å²) in [7, 11) is 0. The zero-order valence-electron chi connectivity index (χ0n) is 7.04. The van der Waals surface area contributed by atoms with Crippen LogP contribution in [0.25, 0.3) is 10.8 Å². The molecule has 0 unspecified atom stereocenters. The summed E-state index contributed by atoms with van der Waals surface area (Å²) >= 11 is 3.31. The van der Waals surface area contributed by atoms with Gasteiger partial charge in [-0.15, -0.1) is 0 Å². The van der Waals surface area contributed by atoms with Crippen LogP contribution in [0.1, 0.15) is 5.69 Å². The van der Waals surface area contributed by atoms with Gasteiger partial charge in [0, 0.05) is 9.86 Å². The lowest BCUT2D eigenvalue weighted by Crippen LogP contribution is -2.07. The maximum absolute atomic E-state index is 11.4. The van der Waals surface area contributed by atoms with Crippen molar-refractivity contribution in [3.05, 3.63) is 44.8 Å². The molecule has 0 radical (unpaired) electrons. The lowest BCUT2D eigenvalue weighted by Gasteiger charge is -1.97. The summed E-state index contributed by atoms with van der Waals surface area (Å²) in [6.45, 7) is 0. The van der Waals surface area contributed by atoms with E-state index in [1.54, 1.807) is 18.2 Å². The number of aromatic nitrogens is 1. The Morgan fingerprint density at radius 2 is 2.14 bits per heavy atom. The summed E-state index contributed by atoms with van der Waals surface area (Å²) in [5, 5.41) is 10.0. The molecule has 0 aliphatic heterocycles. The van der Waals surface area contributed by atoms with Crippen LogP contribution in [0.5, 0.6) is 0 Å². The number of pyridine rings is 1. The van der Waals surface area contributed by atoms with Crippen molar-refractivity contribution >= 4 is 26.7 Å². The normalized spacial score (nSPS) is 10.0. The second kappa shape index (κ2) is 3.28. The van der Waals surface area contributed by atoms with Crippen LogP contribution in [0.15, 0.2) is 33.5 Å². The van der Waals surface area contributed by atoms with Crippen molar-refractivity contribution in [1.82, 2.24) is 4.98 Å². The summed E-state index contributed by atoms with van der Waals surface area (Å²) < 4.78 is 0.888. The van der Waals surface area contributed by atoms with Gasteiger partial charge in [0.05, 0.1) is 0 Å². The number of benzene rings is 1. The second-order valence-electron chi connectivity index (χ2n) is 2.86. The quantitative estimate of drug-likeness (QED) is 0.777. The van der Waals surface area contributed by atoms with Gasteiger partial charge in [-0.2, -0.15) is 5.26 Å². The minimum absolute atomic E-state index is 0.230. The monoisotopic (exact) mass is 248 g/mol. The zero-order chi connectivity index (χ0) is 10.1. The van der Waals surface area contributed by atoms with E-state index in [1.807, 2.05) is 12.1 Å². The molecule has 0 saturated carbocycles. The Morgan fingerprint density at radius 1 is 1.36 bits per heavy atom. The van der Waals surface area contributed by atoms with Crippen molar-refractivity contribution in [3.8, 4) is 6.07 Å². The molecule has 2 rings (SSSR count). The second-order valence-corrected chi connectivity index (χ2v) is 3.77. The minimum atomic E-state index is -0.230. The van der Waals surface area contributed by atoms with E-state index in [0.717, 1.165) is 9.86 Å². The molecule has 1 aromatic heterocycles. The van der Waals surface area contributed by atoms with Gasteiger partial charge in [0.2, 0.25) is 0 Å². The number of nitrogens with zero attached hydrogens (tertiary/aromatic N) is 1. The van der Waals surface area contributed by atoms with Crippen LogP contribution in [0, 0.1) is 11.3 Å². The van der Waals surface area contributed by atoms with Crippen LogP contribution in [0.4, 0.5) is 0 Å². The molecular weight excluding hydrogens is 244 g/mol. The fourth-order valence-corrected chi connectivity index (χ4v) is 1.68. The summed E-state index contributed by atoms with van der Waals surface area (Å²) in [6, 6.07) is 8.89. The average Bonchev–Trinajstić information content (AvgIpc) is 2.16. The first-order valence-corrected chi connectivity index (χ1v) is 4.73. The number of rotatable bonds is 0. The first-order valence-electron chi connectivity index (χ1n) is 3.93. The third kappa shape index (κ3) is 1.42. The Balaban J connectivity index is 2.92. The SMILES string of the molecule is N#Cc1cc2cc(Br)ccc2c(=O)[nH]1. The van der Waals surface area contributed by atoms with E-state index >= 15 is 0 Å². The van der Waals surface area contributed by atoms with Gasteiger partial charge >= 0.3 is 0 Å². The first-order chi connectivity index (χ1) is 6.70. The van der Waals surface area contributed by atoms with Crippen LogP contribution < -0.4 is 5.56 Å². The van der Waals surface area contributed by atoms with E-state index < -0.39 is 0 Å². The molecule has 3 nitrogen and oxygen atoms in total. The highest BCUT2D eigenvalue weighted by atomic mass is 79.9. The maximum atomic E-state index is 11.4. The largest absolute Gasteiger partial charge is 0.313 e. The van der Waals surface area contributed by atoms with Gasteiger partial charge in [0.15, 0.2) is 0 Å². The minimum Gasteiger partial charge on any atom is -0.313 e. The molecule has 2 aromatic rings. The highest BCUT2D eigenvalue weighted by molar-refractivity contribution is 9.10. The maximum Gasteiger partial charge on any atom is 0.256 e. The molecule has 14 heavy (non-hydrogen) atoms. The average molecular weight is 249 g/mol. The van der Waals surface area contributed by atoms with Gasteiger partial charge in [-0.05, 0) is 29.7 Å². The number of halogens is 1. The predicted molar refractivity (Wildman–Crippen MR) is 57.0 cm³/mol. The Hall–Kier alpha value is -1.60. The molecular formula is C10H5BrN2O. The lowest BCUT2D eigenvalue weighted by molar-refractivity contribution is 1.22. The van der Waals surface area contributed by atoms with Gasteiger partial charge in [-0.25, -0.2) is 0 Å². The number of hydrogen-bond donors (Lipinski definition) is 1. The summed E-state index contributed by atoms with van der Waals surface area (Å²) in [5.74, 6) is 0. The molecule has 0 saturated heterocycles. The van der Waals surface area contributed by atoms with Crippen LogP contribution in [-0.2, 0) is 0 Å². The van der Waals surface area contributed by atoms with Crippen LogP contribution in [-0.4, -0.2) is 4.98 Å². The van der Waals surface area contributed by atoms with Crippen molar-refractivity contribution in [2.45, 2.75) is 0 Å². The number of aromatic amines is 1. The van der Waals surface area contributed by atoms with E-state index in [9.17, 15) is 4.79 Å². The third-order valence-corrected chi connectivity index (χ3v) is 2.42. The molecule has 1 N–H and O–H groups in total. The molecule has 0 aliphatic carbocycles. The highest BCUT2D eigenvalue weighted by Gasteiger charge is 2.01. The fraction of sp³-hybridized carbons (Fsp3) is 0. The highest BCUT2D eigenvalue weighted by Crippen LogP contribution is 2.17.